The van der Waals surface area contributed by atoms with Crippen molar-refractivity contribution in [1.29, 1.82) is 0 Å². The van der Waals surface area contributed by atoms with E-state index in [2.05, 4.69) is 5.32 Å². The maximum absolute atomic E-state index is 12.4. The van der Waals surface area contributed by atoms with Gasteiger partial charge in [-0.25, -0.2) is 8.42 Å². The van der Waals surface area contributed by atoms with E-state index >= 15 is 0 Å². The van der Waals surface area contributed by atoms with Crippen LogP contribution < -0.4 is 5.32 Å². The number of hydrogen-bond acceptors (Lipinski definition) is 3. The van der Waals surface area contributed by atoms with Crippen LogP contribution in [0.25, 0.3) is 0 Å². The van der Waals surface area contributed by atoms with Crippen LogP contribution >= 0.6 is 0 Å². The third-order valence-electron chi connectivity index (χ3n) is 3.80. The van der Waals surface area contributed by atoms with Gasteiger partial charge in [0, 0.05) is 12.2 Å². The molecule has 0 spiro atoms. The Labute approximate surface area is 143 Å². The minimum Gasteiger partial charge on any atom is -0.349 e. The van der Waals surface area contributed by atoms with Crippen molar-refractivity contribution in [1.82, 2.24) is 5.32 Å². The van der Waals surface area contributed by atoms with Gasteiger partial charge in [0.15, 0.2) is 0 Å². The summed E-state index contributed by atoms with van der Waals surface area (Å²) in [4.78, 5) is 12.4. The van der Waals surface area contributed by atoms with Crippen molar-refractivity contribution < 1.29 is 13.2 Å². The number of amides is 1. The molecule has 0 heterocycles. The molecule has 0 aliphatic rings. The highest BCUT2D eigenvalue weighted by molar-refractivity contribution is 7.90. The zero-order valence-electron chi connectivity index (χ0n) is 14.0. The highest BCUT2D eigenvalue weighted by Crippen LogP contribution is 2.19. The van der Waals surface area contributed by atoms with E-state index in [4.69, 9.17) is 0 Å². The van der Waals surface area contributed by atoms with Crippen molar-refractivity contribution in [2.75, 3.05) is 12.0 Å². The highest BCUT2D eigenvalue weighted by Gasteiger charge is 2.22. The molecule has 2 aromatic rings. The van der Waals surface area contributed by atoms with E-state index in [9.17, 15) is 13.2 Å². The van der Waals surface area contributed by atoms with Gasteiger partial charge < -0.3 is 5.32 Å². The van der Waals surface area contributed by atoms with Crippen LogP contribution in [-0.2, 0) is 21.1 Å². The molecule has 0 unspecified atom stereocenters. The molecular weight excluding hydrogens is 322 g/mol. The molecule has 1 amide bonds. The summed E-state index contributed by atoms with van der Waals surface area (Å²) < 4.78 is 22.8. The third kappa shape index (κ3) is 5.81. The second kappa shape index (κ2) is 8.11. The van der Waals surface area contributed by atoms with Crippen LogP contribution in [-0.4, -0.2) is 26.3 Å². The minimum absolute atomic E-state index is 0.147. The number of nitrogens with one attached hydrogen (secondary N) is 1. The zero-order valence-corrected chi connectivity index (χ0v) is 14.8. The lowest BCUT2D eigenvalue weighted by Gasteiger charge is -2.21. The van der Waals surface area contributed by atoms with Gasteiger partial charge in [-0.15, -0.1) is 0 Å². The monoisotopic (exact) mass is 345 g/mol. The fraction of sp³-hybridized carbons (Fsp3) is 0.316. The standard InChI is InChI=1S/C19H23NO3S/c1-15(14-24(2,22)23)19(21)20-18(17-11-7-4-8-12-17)13-16-9-5-3-6-10-16/h3-12,15,18H,13-14H2,1-2H3,(H,20,21)/t15-,18+/m0/s1. The van der Waals surface area contributed by atoms with Gasteiger partial charge in [0.25, 0.3) is 0 Å². The summed E-state index contributed by atoms with van der Waals surface area (Å²) >= 11 is 0. The number of carbonyl (C=O) groups excluding carboxylic acids is 1. The van der Waals surface area contributed by atoms with Crippen molar-refractivity contribution in [3.05, 3.63) is 71.8 Å². The number of benzene rings is 2. The topological polar surface area (TPSA) is 63.2 Å². The Bertz CT molecular complexity index is 758. The number of sulfone groups is 1. The third-order valence-corrected chi connectivity index (χ3v) is 4.91. The average Bonchev–Trinajstić information content (AvgIpc) is 2.54. The second-order valence-electron chi connectivity index (χ2n) is 6.16. The average molecular weight is 345 g/mol. The number of rotatable bonds is 7. The summed E-state index contributed by atoms with van der Waals surface area (Å²) in [5, 5.41) is 3.00. The lowest BCUT2D eigenvalue weighted by atomic mass is 9.98. The number of hydrogen-bond donors (Lipinski definition) is 1. The first kappa shape index (κ1) is 18.2. The Morgan fingerprint density at radius 2 is 1.54 bits per heavy atom. The van der Waals surface area contributed by atoms with Crippen LogP contribution in [0.3, 0.4) is 0 Å². The van der Waals surface area contributed by atoms with Crippen molar-refractivity contribution in [2.45, 2.75) is 19.4 Å². The normalized spacial score (nSPS) is 13.9. The molecular formula is C19H23NO3S. The summed E-state index contributed by atoms with van der Waals surface area (Å²) in [6, 6.07) is 19.4. The quantitative estimate of drug-likeness (QED) is 0.839. The van der Waals surface area contributed by atoms with Gasteiger partial charge in [-0.2, -0.15) is 0 Å². The first-order valence-corrected chi connectivity index (χ1v) is 9.98. The smallest absolute Gasteiger partial charge is 0.224 e. The van der Waals surface area contributed by atoms with Gasteiger partial charge in [0.2, 0.25) is 5.91 Å². The molecule has 0 saturated carbocycles. The molecule has 0 bridgehead atoms. The van der Waals surface area contributed by atoms with Gasteiger partial charge in [-0.05, 0) is 17.5 Å². The van der Waals surface area contributed by atoms with E-state index in [1.807, 2.05) is 60.7 Å². The Kier molecular flexibility index (Phi) is 6.15. The first-order valence-electron chi connectivity index (χ1n) is 7.92. The van der Waals surface area contributed by atoms with E-state index < -0.39 is 15.8 Å². The molecule has 24 heavy (non-hydrogen) atoms. The second-order valence-corrected chi connectivity index (χ2v) is 8.34. The number of carbonyl (C=O) groups is 1. The van der Waals surface area contributed by atoms with Gasteiger partial charge in [-0.1, -0.05) is 67.6 Å². The zero-order chi connectivity index (χ0) is 17.6. The summed E-state index contributed by atoms with van der Waals surface area (Å²) in [6.07, 6.45) is 1.80. The molecule has 0 aliphatic heterocycles. The van der Waals surface area contributed by atoms with Crippen molar-refractivity contribution in [3.63, 3.8) is 0 Å². The fourth-order valence-electron chi connectivity index (χ4n) is 2.63. The van der Waals surface area contributed by atoms with Crippen LogP contribution in [0, 0.1) is 5.92 Å². The predicted molar refractivity (Wildman–Crippen MR) is 96.3 cm³/mol. The van der Waals surface area contributed by atoms with Gasteiger partial charge in [0.1, 0.15) is 9.84 Å². The Hall–Kier alpha value is -2.14. The van der Waals surface area contributed by atoms with Gasteiger partial charge >= 0.3 is 0 Å². The molecule has 0 aliphatic carbocycles. The maximum atomic E-state index is 12.4. The lowest BCUT2D eigenvalue weighted by molar-refractivity contribution is -0.124. The Morgan fingerprint density at radius 3 is 2.08 bits per heavy atom. The molecule has 128 valence electrons. The molecule has 5 heteroatoms. The van der Waals surface area contributed by atoms with Crippen LogP contribution in [0.5, 0.6) is 0 Å². The van der Waals surface area contributed by atoms with E-state index in [1.54, 1.807) is 6.92 Å². The van der Waals surface area contributed by atoms with Crippen LogP contribution in [0.2, 0.25) is 0 Å². The largest absolute Gasteiger partial charge is 0.349 e. The molecule has 0 saturated heterocycles. The fourth-order valence-corrected chi connectivity index (χ4v) is 3.69. The maximum Gasteiger partial charge on any atom is 0.224 e. The molecule has 2 atom stereocenters. The molecule has 0 radical (unpaired) electrons. The minimum atomic E-state index is -3.19. The summed E-state index contributed by atoms with van der Waals surface area (Å²) in [6.45, 7) is 1.64. The van der Waals surface area contributed by atoms with Crippen LogP contribution in [0.1, 0.15) is 24.1 Å². The molecule has 0 aromatic heterocycles. The highest BCUT2D eigenvalue weighted by atomic mass is 32.2. The SMILES string of the molecule is C[C@@H](CS(C)(=O)=O)C(=O)N[C@H](Cc1ccccc1)c1ccccc1. The van der Waals surface area contributed by atoms with Crippen LogP contribution in [0.4, 0.5) is 0 Å². The van der Waals surface area contributed by atoms with Crippen LogP contribution in [0.15, 0.2) is 60.7 Å². The van der Waals surface area contributed by atoms with E-state index in [0.29, 0.717) is 6.42 Å². The summed E-state index contributed by atoms with van der Waals surface area (Å²) in [5.41, 5.74) is 2.11. The lowest BCUT2D eigenvalue weighted by Crippen LogP contribution is -2.36. The van der Waals surface area contributed by atoms with E-state index in [1.165, 1.54) is 0 Å². The molecule has 1 N–H and O–H groups in total. The van der Waals surface area contributed by atoms with Crippen molar-refractivity contribution in [3.8, 4) is 0 Å². The molecule has 0 fully saturated rings. The Morgan fingerprint density at radius 1 is 1.00 bits per heavy atom. The Balaban J connectivity index is 2.16. The molecule has 2 aromatic carbocycles. The predicted octanol–water partition coefficient (Wildman–Crippen LogP) is 2.77. The first-order chi connectivity index (χ1) is 11.3. The summed E-state index contributed by atoms with van der Waals surface area (Å²) in [5.74, 6) is -0.974. The van der Waals surface area contributed by atoms with Gasteiger partial charge in [0.05, 0.1) is 11.8 Å². The van der Waals surface area contributed by atoms with E-state index in [-0.39, 0.29) is 17.7 Å². The van der Waals surface area contributed by atoms with Crippen molar-refractivity contribution >= 4 is 15.7 Å². The molecule has 4 nitrogen and oxygen atoms in total. The van der Waals surface area contributed by atoms with Crippen molar-refractivity contribution in [2.24, 2.45) is 5.92 Å². The molecule has 2 rings (SSSR count). The van der Waals surface area contributed by atoms with Gasteiger partial charge in [-0.3, -0.25) is 4.79 Å². The summed E-state index contributed by atoms with van der Waals surface area (Å²) in [7, 11) is -3.19. The van der Waals surface area contributed by atoms with E-state index in [0.717, 1.165) is 17.4 Å².